The number of nitrogens with one attached hydrogen (secondary N) is 2. The topological polar surface area (TPSA) is 95.5 Å². The van der Waals surface area contributed by atoms with Crippen LogP contribution in [0.3, 0.4) is 0 Å². The van der Waals surface area contributed by atoms with Crippen molar-refractivity contribution in [2.24, 2.45) is 5.41 Å². The smallest absolute Gasteiger partial charge is 0.229 e. The number of pyridine rings is 1. The maximum absolute atomic E-state index is 13.4. The molecule has 2 aromatic carbocycles. The molecule has 0 amide bonds. The Morgan fingerprint density at radius 2 is 1.66 bits per heavy atom. The van der Waals surface area contributed by atoms with Crippen molar-refractivity contribution in [3.05, 3.63) is 58.8 Å². The minimum atomic E-state index is -2.73. The van der Waals surface area contributed by atoms with Gasteiger partial charge in [-0.25, -0.2) is 4.98 Å². The number of methoxy groups -OCH3 is 1. The van der Waals surface area contributed by atoms with Gasteiger partial charge in [0.2, 0.25) is 5.95 Å². The van der Waals surface area contributed by atoms with Gasteiger partial charge in [-0.3, -0.25) is 4.98 Å². The van der Waals surface area contributed by atoms with Gasteiger partial charge in [0.1, 0.15) is 17.9 Å². The van der Waals surface area contributed by atoms with Gasteiger partial charge in [0.15, 0.2) is 5.82 Å². The number of ether oxygens (including phenoxy) is 1. The van der Waals surface area contributed by atoms with Crippen LogP contribution in [0.1, 0.15) is 25.7 Å². The first-order valence-corrected chi connectivity index (χ1v) is 18.2. The molecule has 1 spiro atoms. The Morgan fingerprint density at radius 3 is 2.36 bits per heavy atom. The average Bonchev–Trinajstić information content (AvgIpc) is 3.00. The SMILES string of the molecule is COc1cc(N2CCC3(CCN(C)CC3)CC2)c(Cl)cc1Nc1ncc(Cl)c(Nc2ccc3cccnc3c2P(C)(C)=O)n1. The van der Waals surface area contributed by atoms with Crippen LogP contribution in [0.15, 0.2) is 48.8 Å². The molecular weight excluding hydrogens is 616 g/mol. The second kappa shape index (κ2) is 12.4. The Balaban J connectivity index is 1.23. The van der Waals surface area contributed by atoms with Crippen molar-refractivity contribution in [2.45, 2.75) is 25.7 Å². The van der Waals surface area contributed by atoms with Gasteiger partial charge in [-0.2, -0.15) is 4.98 Å². The van der Waals surface area contributed by atoms with Crippen LogP contribution in [0.4, 0.5) is 28.8 Å². The molecular formula is C32H38Cl2N7O2P. The third-order valence-electron chi connectivity index (χ3n) is 9.01. The molecule has 0 unspecified atom stereocenters. The summed E-state index contributed by atoms with van der Waals surface area (Å²) < 4.78 is 19.2. The van der Waals surface area contributed by atoms with Crippen LogP contribution in [-0.2, 0) is 4.57 Å². The Hall–Kier alpha value is -3.10. The molecule has 0 saturated carbocycles. The molecule has 0 radical (unpaired) electrons. The lowest BCUT2D eigenvalue weighted by atomic mass is 9.71. The van der Waals surface area contributed by atoms with Crippen molar-refractivity contribution in [1.82, 2.24) is 19.9 Å². The highest BCUT2D eigenvalue weighted by atomic mass is 35.5. The molecule has 4 aromatic rings. The van der Waals surface area contributed by atoms with Gasteiger partial charge in [0.25, 0.3) is 0 Å². The van der Waals surface area contributed by atoms with Gasteiger partial charge in [0.05, 0.1) is 46.2 Å². The Kier molecular flexibility index (Phi) is 8.68. The molecule has 6 rings (SSSR count). The molecule has 2 fully saturated rings. The van der Waals surface area contributed by atoms with Crippen LogP contribution < -0.4 is 25.6 Å². The molecule has 0 bridgehead atoms. The summed E-state index contributed by atoms with van der Waals surface area (Å²) in [6.07, 6.45) is 8.11. The van der Waals surface area contributed by atoms with Crippen molar-refractivity contribution in [2.75, 3.05) is 69.2 Å². The molecule has 2 saturated heterocycles. The van der Waals surface area contributed by atoms with Crippen LogP contribution in [0, 0.1) is 5.41 Å². The second-order valence-electron chi connectivity index (χ2n) is 12.3. The number of hydrogen-bond acceptors (Lipinski definition) is 9. The monoisotopic (exact) mass is 653 g/mol. The molecule has 12 heteroatoms. The summed E-state index contributed by atoms with van der Waals surface area (Å²) in [7, 11) is 1.12. The van der Waals surface area contributed by atoms with Gasteiger partial charge >= 0.3 is 0 Å². The number of aromatic nitrogens is 3. The van der Waals surface area contributed by atoms with E-state index in [-0.39, 0.29) is 0 Å². The van der Waals surface area contributed by atoms with Gasteiger partial charge in [-0.15, -0.1) is 0 Å². The summed E-state index contributed by atoms with van der Waals surface area (Å²) in [5.41, 5.74) is 3.38. The third-order valence-corrected chi connectivity index (χ3v) is 11.1. The van der Waals surface area contributed by atoms with E-state index >= 15 is 0 Å². The Morgan fingerprint density at radius 1 is 0.932 bits per heavy atom. The normalized spacial score (nSPS) is 17.2. The summed E-state index contributed by atoms with van der Waals surface area (Å²) in [5, 5.41) is 9.04. The summed E-state index contributed by atoms with van der Waals surface area (Å²) >= 11 is 13.4. The summed E-state index contributed by atoms with van der Waals surface area (Å²) in [4.78, 5) is 18.4. The standard InChI is InChI=1S/C32H38Cl2N7O2P/c1-40-14-9-32(10-15-40)11-16-41(17-12-32)26-19-27(43-2)25(18-22(26)33)38-31-36-20-23(34)30(39-31)37-24-8-7-21-6-5-13-35-28(21)29(24)44(3,4)42/h5-8,13,18-20H,9-12,14-17H2,1-4H3,(H2,36,37,38,39). The van der Waals surface area contributed by atoms with E-state index in [4.69, 9.17) is 27.9 Å². The number of nitrogens with zero attached hydrogens (tertiary/aromatic N) is 5. The summed E-state index contributed by atoms with van der Waals surface area (Å²) in [6, 6.07) is 11.5. The number of anilines is 5. The molecule has 0 aliphatic carbocycles. The molecule has 4 heterocycles. The largest absolute Gasteiger partial charge is 0.494 e. The number of halogens is 2. The molecule has 2 aromatic heterocycles. The molecule has 2 aliphatic heterocycles. The van der Waals surface area contributed by atoms with Gasteiger partial charge < -0.3 is 29.7 Å². The van der Waals surface area contributed by atoms with E-state index < -0.39 is 7.14 Å². The van der Waals surface area contributed by atoms with Crippen LogP contribution in [-0.4, -0.2) is 73.5 Å². The van der Waals surface area contributed by atoms with Crippen molar-refractivity contribution in [1.29, 1.82) is 0 Å². The number of hydrogen-bond donors (Lipinski definition) is 2. The number of likely N-dealkylation sites (tertiary alicyclic amines) is 1. The van der Waals surface area contributed by atoms with Gasteiger partial charge in [0, 0.05) is 30.7 Å². The van der Waals surface area contributed by atoms with Crippen molar-refractivity contribution >= 4 is 75.4 Å². The Bertz CT molecular complexity index is 1730. The van der Waals surface area contributed by atoms with E-state index in [1.54, 1.807) is 26.6 Å². The summed E-state index contributed by atoms with van der Waals surface area (Å²) in [5.74, 6) is 1.31. The van der Waals surface area contributed by atoms with E-state index in [9.17, 15) is 4.57 Å². The maximum atomic E-state index is 13.4. The molecule has 2 N–H and O–H groups in total. The lowest BCUT2D eigenvalue weighted by Crippen LogP contribution is -2.46. The van der Waals surface area contributed by atoms with E-state index in [2.05, 4.69) is 42.4 Å². The third kappa shape index (κ3) is 6.34. The first-order valence-electron chi connectivity index (χ1n) is 14.9. The lowest BCUT2D eigenvalue weighted by molar-refractivity contribution is 0.0945. The zero-order valence-corrected chi connectivity index (χ0v) is 27.9. The van der Waals surface area contributed by atoms with E-state index in [1.807, 2.05) is 36.4 Å². The summed E-state index contributed by atoms with van der Waals surface area (Å²) in [6.45, 7) is 7.76. The van der Waals surface area contributed by atoms with E-state index in [0.717, 1.165) is 24.2 Å². The zero-order valence-electron chi connectivity index (χ0n) is 25.5. The van der Waals surface area contributed by atoms with Gasteiger partial charge in [-0.1, -0.05) is 35.3 Å². The van der Waals surface area contributed by atoms with Crippen LogP contribution in [0.5, 0.6) is 5.75 Å². The van der Waals surface area contributed by atoms with Crippen molar-refractivity contribution in [3.8, 4) is 5.75 Å². The highest BCUT2D eigenvalue weighted by molar-refractivity contribution is 7.71. The van der Waals surface area contributed by atoms with Crippen molar-refractivity contribution < 1.29 is 9.30 Å². The minimum absolute atomic E-state index is 0.304. The second-order valence-corrected chi connectivity index (χ2v) is 16.3. The van der Waals surface area contributed by atoms with Crippen LogP contribution in [0.2, 0.25) is 10.0 Å². The fraction of sp³-hybridized carbons (Fsp3) is 0.406. The number of benzene rings is 2. The molecule has 232 valence electrons. The zero-order chi connectivity index (χ0) is 31.1. The minimum Gasteiger partial charge on any atom is -0.494 e. The quantitative estimate of drug-likeness (QED) is 0.198. The first-order chi connectivity index (χ1) is 21.0. The lowest BCUT2D eigenvalue weighted by Gasteiger charge is -2.47. The van der Waals surface area contributed by atoms with E-state index in [1.165, 1.54) is 45.0 Å². The number of fused-ring (bicyclic) bond motifs is 1. The molecule has 44 heavy (non-hydrogen) atoms. The number of rotatable bonds is 7. The fourth-order valence-corrected chi connectivity index (χ4v) is 8.23. The maximum Gasteiger partial charge on any atom is 0.229 e. The first kappa shape index (κ1) is 30.9. The highest BCUT2D eigenvalue weighted by Crippen LogP contribution is 2.45. The van der Waals surface area contributed by atoms with Crippen LogP contribution >= 0.6 is 30.3 Å². The number of piperidine rings is 2. The molecule has 2 aliphatic rings. The Labute approximate surface area is 268 Å². The van der Waals surface area contributed by atoms with Crippen LogP contribution in [0.25, 0.3) is 10.9 Å². The van der Waals surface area contributed by atoms with Gasteiger partial charge in [-0.05, 0) is 82.8 Å². The molecule has 9 nitrogen and oxygen atoms in total. The highest BCUT2D eigenvalue weighted by Gasteiger charge is 2.37. The fourth-order valence-electron chi connectivity index (χ4n) is 6.41. The predicted molar refractivity (Wildman–Crippen MR) is 183 cm³/mol. The van der Waals surface area contributed by atoms with E-state index in [0.29, 0.717) is 55.2 Å². The van der Waals surface area contributed by atoms with Crippen molar-refractivity contribution in [3.63, 3.8) is 0 Å². The predicted octanol–water partition coefficient (Wildman–Crippen LogP) is 7.39. The average molecular weight is 655 g/mol. The molecule has 0 atom stereocenters.